The summed E-state index contributed by atoms with van der Waals surface area (Å²) in [7, 11) is 0. The van der Waals surface area contributed by atoms with Gasteiger partial charge in [-0.15, -0.1) is 11.8 Å². The number of carbonyl (C=O) groups excluding carboxylic acids is 1. The first-order chi connectivity index (χ1) is 10.7. The number of nitro groups is 1. The smallest absolute Gasteiger partial charge is 0.326 e. The van der Waals surface area contributed by atoms with Crippen LogP contribution in [0.1, 0.15) is 27.2 Å². The molecule has 1 aromatic rings. The third kappa shape index (κ3) is 5.51. The first-order valence-corrected chi connectivity index (χ1v) is 7.93. The number of thioether (sulfide) groups is 1. The molecule has 0 fully saturated rings. The summed E-state index contributed by atoms with van der Waals surface area (Å²) in [6, 6.07) is 1.95. The van der Waals surface area contributed by atoms with Crippen LogP contribution in [0.5, 0.6) is 0 Å². The van der Waals surface area contributed by atoms with E-state index in [1.165, 1.54) is 23.9 Å². The van der Waals surface area contributed by atoms with Gasteiger partial charge in [-0.3, -0.25) is 14.9 Å². The van der Waals surface area contributed by atoms with E-state index in [2.05, 4.69) is 10.3 Å². The number of nitrogens with zero attached hydrogens (tertiary/aromatic N) is 2. The number of aliphatic carboxylic acids is 1. The van der Waals surface area contributed by atoms with Gasteiger partial charge in [0.1, 0.15) is 12.2 Å². The molecule has 0 aliphatic rings. The number of aromatic nitrogens is 1. The van der Waals surface area contributed by atoms with E-state index >= 15 is 0 Å². The summed E-state index contributed by atoms with van der Waals surface area (Å²) < 4.78 is 0. The summed E-state index contributed by atoms with van der Waals surface area (Å²) in [5.74, 6) is -1.07. The number of hydrogen-bond donors (Lipinski definition) is 2. The average Bonchev–Trinajstić information content (AvgIpc) is 2.50. The van der Waals surface area contributed by atoms with Crippen molar-refractivity contribution in [2.75, 3.05) is 5.75 Å². The minimum atomic E-state index is -1.07. The maximum Gasteiger partial charge on any atom is 0.326 e. The van der Waals surface area contributed by atoms with Crippen LogP contribution in [0.4, 0.5) is 5.69 Å². The zero-order valence-electron chi connectivity index (χ0n) is 13.1. The lowest BCUT2D eigenvalue weighted by atomic mass is 9.94. The second-order valence-electron chi connectivity index (χ2n) is 5.56. The van der Waals surface area contributed by atoms with Gasteiger partial charge < -0.3 is 10.4 Å². The molecule has 0 saturated carbocycles. The van der Waals surface area contributed by atoms with Gasteiger partial charge in [0.2, 0.25) is 5.91 Å². The van der Waals surface area contributed by atoms with Crippen LogP contribution in [-0.2, 0) is 9.59 Å². The molecule has 1 rings (SSSR count). The number of pyridine rings is 1. The highest BCUT2D eigenvalue weighted by Crippen LogP contribution is 2.27. The Kier molecular flexibility index (Phi) is 6.49. The van der Waals surface area contributed by atoms with Crippen molar-refractivity contribution in [3.63, 3.8) is 0 Å². The van der Waals surface area contributed by atoms with Crippen molar-refractivity contribution < 1.29 is 19.6 Å². The molecule has 2 N–H and O–H groups in total. The molecule has 1 amide bonds. The van der Waals surface area contributed by atoms with Crippen LogP contribution >= 0.6 is 11.8 Å². The molecule has 0 saturated heterocycles. The van der Waals surface area contributed by atoms with Crippen LogP contribution in [0.15, 0.2) is 23.4 Å². The average molecular weight is 341 g/mol. The van der Waals surface area contributed by atoms with Crippen molar-refractivity contribution in [2.45, 2.75) is 38.3 Å². The van der Waals surface area contributed by atoms with Crippen LogP contribution < -0.4 is 5.32 Å². The predicted octanol–water partition coefficient (Wildman–Crippen LogP) is 2.09. The van der Waals surface area contributed by atoms with Gasteiger partial charge in [-0.1, -0.05) is 20.8 Å². The Morgan fingerprint density at radius 1 is 1.48 bits per heavy atom. The van der Waals surface area contributed by atoms with Crippen LogP contribution in [0.25, 0.3) is 0 Å². The zero-order chi connectivity index (χ0) is 17.6. The summed E-state index contributed by atoms with van der Waals surface area (Å²) in [4.78, 5) is 37.2. The highest BCUT2D eigenvalue weighted by atomic mass is 32.2. The molecule has 23 heavy (non-hydrogen) atoms. The number of rotatable bonds is 8. The fourth-order valence-corrected chi connectivity index (χ4v) is 2.51. The summed E-state index contributed by atoms with van der Waals surface area (Å²) in [6.07, 6.45) is 1.46. The molecule has 8 nitrogen and oxygen atoms in total. The SMILES string of the molecule is CCC(NC(=O)C(C)(C)CSc1ccc([N+](=O)[O-])cn1)C(=O)O. The van der Waals surface area contributed by atoms with Crippen molar-refractivity contribution in [3.8, 4) is 0 Å². The summed E-state index contributed by atoms with van der Waals surface area (Å²) in [5, 5.41) is 22.6. The number of carboxylic acids is 1. The quantitative estimate of drug-likeness (QED) is 0.421. The van der Waals surface area contributed by atoms with E-state index in [0.717, 1.165) is 6.20 Å². The first-order valence-electron chi connectivity index (χ1n) is 6.94. The van der Waals surface area contributed by atoms with Gasteiger partial charge in [-0.25, -0.2) is 9.78 Å². The van der Waals surface area contributed by atoms with Crippen LogP contribution in [0, 0.1) is 15.5 Å². The third-order valence-corrected chi connectivity index (χ3v) is 4.54. The van der Waals surface area contributed by atoms with Crippen molar-refractivity contribution in [3.05, 3.63) is 28.4 Å². The van der Waals surface area contributed by atoms with E-state index in [9.17, 15) is 19.7 Å². The number of hydrogen-bond acceptors (Lipinski definition) is 6. The van der Waals surface area contributed by atoms with Gasteiger partial charge in [0.25, 0.3) is 5.69 Å². The molecule has 0 radical (unpaired) electrons. The molecule has 0 aliphatic heterocycles. The minimum absolute atomic E-state index is 0.0985. The van der Waals surface area contributed by atoms with Crippen LogP contribution in [0.2, 0.25) is 0 Å². The molecule has 0 aromatic carbocycles. The molecule has 1 unspecified atom stereocenters. The maximum atomic E-state index is 12.2. The Balaban J connectivity index is 2.65. The second kappa shape index (κ2) is 7.91. The number of nitrogens with one attached hydrogen (secondary N) is 1. The van der Waals surface area contributed by atoms with Crippen molar-refractivity contribution in [1.29, 1.82) is 0 Å². The summed E-state index contributed by atoms with van der Waals surface area (Å²) in [5.41, 5.74) is -0.907. The van der Waals surface area contributed by atoms with Crippen molar-refractivity contribution in [2.24, 2.45) is 5.41 Å². The lowest BCUT2D eigenvalue weighted by molar-refractivity contribution is -0.385. The van der Waals surface area contributed by atoms with E-state index in [0.29, 0.717) is 17.2 Å². The molecule has 1 aromatic heterocycles. The van der Waals surface area contributed by atoms with Crippen molar-refractivity contribution >= 4 is 29.3 Å². The first kappa shape index (κ1) is 18.9. The predicted molar refractivity (Wildman–Crippen MR) is 85.3 cm³/mol. The van der Waals surface area contributed by atoms with Gasteiger partial charge >= 0.3 is 5.97 Å². The molecule has 9 heteroatoms. The Bertz CT molecular complexity index is 589. The largest absolute Gasteiger partial charge is 0.480 e. The molecule has 0 aliphatic carbocycles. The molecule has 0 spiro atoms. The minimum Gasteiger partial charge on any atom is -0.480 e. The van der Waals surface area contributed by atoms with Crippen molar-refractivity contribution in [1.82, 2.24) is 10.3 Å². The Labute approximate surface area is 137 Å². The van der Waals surface area contributed by atoms with E-state index in [-0.39, 0.29) is 11.6 Å². The maximum absolute atomic E-state index is 12.2. The Morgan fingerprint density at radius 2 is 2.13 bits per heavy atom. The number of carbonyl (C=O) groups is 2. The number of amides is 1. The zero-order valence-corrected chi connectivity index (χ0v) is 13.9. The molecule has 1 atom stereocenters. The third-order valence-electron chi connectivity index (χ3n) is 3.14. The van der Waals surface area contributed by atoms with Crippen LogP contribution in [-0.4, -0.2) is 38.7 Å². The normalized spacial score (nSPS) is 12.5. The fraction of sp³-hybridized carbons (Fsp3) is 0.500. The molecular weight excluding hydrogens is 322 g/mol. The molecule has 1 heterocycles. The summed E-state index contributed by atoms with van der Waals surface area (Å²) in [6.45, 7) is 5.09. The molecule has 0 bridgehead atoms. The van der Waals surface area contributed by atoms with Gasteiger partial charge in [-0.2, -0.15) is 0 Å². The van der Waals surface area contributed by atoms with E-state index in [4.69, 9.17) is 5.11 Å². The van der Waals surface area contributed by atoms with Crippen LogP contribution in [0.3, 0.4) is 0 Å². The molecular formula is C14H19N3O5S. The van der Waals surface area contributed by atoms with E-state index in [1.54, 1.807) is 20.8 Å². The topological polar surface area (TPSA) is 122 Å². The fourth-order valence-electron chi connectivity index (χ4n) is 1.58. The second-order valence-corrected chi connectivity index (χ2v) is 6.55. The van der Waals surface area contributed by atoms with E-state index in [1.807, 2.05) is 0 Å². The highest BCUT2D eigenvalue weighted by molar-refractivity contribution is 7.99. The monoisotopic (exact) mass is 341 g/mol. The Hall–Kier alpha value is -2.16. The lowest BCUT2D eigenvalue weighted by Crippen LogP contribution is -2.47. The van der Waals surface area contributed by atoms with Gasteiger partial charge in [0.15, 0.2) is 0 Å². The highest BCUT2D eigenvalue weighted by Gasteiger charge is 2.31. The Morgan fingerprint density at radius 3 is 2.57 bits per heavy atom. The molecule has 126 valence electrons. The van der Waals surface area contributed by atoms with Gasteiger partial charge in [0, 0.05) is 11.8 Å². The van der Waals surface area contributed by atoms with E-state index < -0.39 is 22.3 Å². The number of carboxylic acid groups (broad SMARTS) is 1. The standard InChI is InChI=1S/C14H19N3O5S/c1-4-10(12(18)19)16-13(20)14(2,3)8-23-11-6-5-9(7-15-11)17(21)22/h5-7,10H,4,8H2,1-3H3,(H,16,20)(H,18,19). The van der Waals surface area contributed by atoms with Gasteiger partial charge in [-0.05, 0) is 12.5 Å². The van der Waals surface area contributed by atoms with Gasteiger partial charge in [0.05, 0.1) is 15.4 Å². The lowest BCUT2D eigenvalue weighted by Gasteiger charge is -2.25. The summed E-state index contributed by atoms with van der Waals surface area (Å²) >= 11 is 1.28.